The van der Waals surface area contributed by atoms with Crippen molar-refractivity contribution in [1.29, 1.82) is 0 Å². The van der Waals surface area contributed by atoms with Crippen LogP contribution in [0.1, 0.15) is 23.0 Å². The van der Waals surface area contributed by atoms with E-state index in [0.717, 1.165) is 10.0 Å². The van der Waals surface area contributed by atoms with Crippen LogP contribution in [0.25, 0.3) is 0 Å². The number of hydrogen-bond donors (Lipinski definition) is 2. The third kappa shape index (κ3) is 4.59. The van der Waals surface area contributed by atoms with E-state index in [0.29, 0.717) is 11.4 Å². The minimum absolute atomic E-state index is 0.408. The lowest BCUT2D eigenvalue weighted by molar-refractivity contribution is -0.128. The number of aromatic nitrogens is 1. The first kappa shape index (κ1) is 17.1. The van der Waals surface area contributed by atoms with Crippen molar-refractivity contribution in [2.24, 2.45) is 7.05 Å². The van der Waals surface area contributed by atoms with Crippen LogP contribution >= 0.6 is 15.9 Å². The summed E-state index contributed by atoms with van der Waals surface area (Å²) in [5.74, 6) is -0.243. The summed E-state index contributed by atoms with van der Waals surface area (Å²) in [6.07, 6.45) is 1.01. The first-order chi connectivity index (χ1) is 10.9. The van der Waals surface area contributed by atoms with E-state index in [4.69, 9.17) is 4.74 Å². The van der Waals surface area contributed by atoms with Crippen molar-refractivity contribution in [3.63, 3.8) is 0 Å². The van der Waals surface area contributed by atoms with Crippen LogP contribution in [-0.4, -0.2) is 22.5 Å². The minimum atomic E-state index is -0.739. The summed E-state index contributed by atoms with van der Waals surface area (Å²) in [6.45, 7) is 3.55. The van der Waals surface area contributed by atoms with Gasteiger partial charge in [-0.1, -0.05) is 12.1 Å². The lowest BCUT2D eigenvalue weighted by Crippen LogP contribution is -2.47. The number of halogens is 1. The molecule has 1 unspecified atom stereocenters. The molecule has 1 heterocycles. The molecule has 2 rings (SSSR count). The Hall–Kier alpha value is -2.28. The third-order valence-corrected chi connectivity index (χ3v) is 3.61. The van der Waals surface area contributed by atoms with Crippen LogP contribution in [0.3, 0.4) is 0 Å². The largest absolute Gasteiger partial charge is 0.481 e. The second-order valence-electron chi connectivity index (χ2n) is 5.17. The Bertz CT molecular complexity index is 727. The van der Waals surface area contributed by atoms with Gasteiger partial charge in [-0.05, 0) is 53.5 Å². The maximum Gasteiger partial charge on any atom is 0.286 e. The minimum Gasteiger partial charge on any atom is -0.481 e. The topological polar surface area (TPSA) is 72.4 Å². The number of amides is 2. The summed E-state index contributed by atoms with van der Waals surface area (Å²) >= 11 is 3.29. The highest BCUT2D eigenvalue weighted by atomic mass is 79.9. The van der Waals surface area contributed by atoms with Gasteiger partial charge >= 0.3 is 0 Å². The van der Waals surface area contributed by atoms with Gasteiger partial charge in [-0.15, -0.1) is 0 Å². The molecule has 2 amide bonds. The van der Waals surface area contributed by atoms with Crippen LogP contribution < -0.4 is 15.6 Å². The second kappa shape index (κ2) is 7.32. The first-order valence-corrected chi connectivity index (χ1v) is 7.81. The monoisotopic (exact) mass is 379 g/mol. The number of ether oxygens (including phenoxy) is 1. The van der Waals surface area contributed by atoms with Crippen molar-refractivity contribution < 1.29 is 14.3 Å². The maximum atomic E-state index is 12.0. The van der Waals surface area contributed by atoms with E-state index in [1.54, 1.807) is 36.9 Å². The molecule has 0 aliphatic rings. The number of aryl methyl sites for hydroxylation is 2. The van der Waals surface area contributed by atoms with E-state index in [-0.39, 0.29) is 0 Å². The van der Waals surface area contributed by atoms with Crippen molar-refractivity contribution >= 4 is 27.7 Å². The van der Waals surface area contributed by atoms with Crippen molar-refractivity contribution in [1.82, 2.24) is 15.4 Å². The number of rotatable bonds is 4. The standard InChI is InChI=1S/C16H18BrN3O3/c1-10-5-4-6-13(7-10)23-11(2)15(21)18-19-16(22)14-8-12(17)9-20(14)3/h4-9,11H,1-3H3,(H,18,21)(H,19,22). The van der Waals surface area contributed by atoms with E-state index in [2.05, 4.69) is 26.8 Å². The molecule has 0 fully saturated rings. The summed E-state index contributed by atoms with van der Waals surface area (Å²) in [6, 6.07) is 9.06. The first-order valence-electron chi connectivity index (χ1n) is 7.02. The number of carbonyl (C=O) groups is 2. The van der Waals surface area contributed by atoms with Crippen molar-refractivity contribution in [2.75, 3.05) is 0 Å². The molecule has 23 heavy (non-hydrogen) atoms. The molecule has 0 spiro atoms. The van der Waals surface area contributed by atoms with Gasteiger partial charge in [0.2, 0.25) is 0 Å². The Labute approximate surface area is 142 Å². The molecule has 0 bridgehead atoms. The zero-order valence-electron chi connectivity index (χ0n) is 13.1. The predicted octanol–water partition coefficient (Wildman–Crippen LogP) is 2.32. The number of hydrogen-bond acceptors (Lipinski definition) is 3. The van der Waals surface area contributed by atoms with Gasteiger partial charge in [-0.3, -0.25) is 20.4 Å². The number of benzene rings is 1. The van der Waals surface area contributed by atoms with E-state index >= 15 is 0 Å². The van der Waals surface area contributed by atoms with E-state index in [1.165, 1.54) is 0 Å². The van der Waals surface area contributed by atoms with Crippen LogP contribution in [0.5, 0.6) is 5.75 Å². The Morgan fingerprint density at radius 3 is 2.61 bits per heavy atom. The average Bonchev–Trinajstić information content (AvgIpc) is 2.83. The summed E-state index contributed by atoms with van der Waals surface area (Å²) in [5, 5.41) is 0. The molecule has 0 saturated carbocycles. The fourth-order valence-electron chi connectivity index (χ4n) is 1.98. The van der Waals surface area contributed by atoms with E-state index in [9.17, 15) is 9.59 Å². The molecule has 1 aromatic carbocycles. The number of nitrogens with one attached hydrogen (secondary N) is 2. The number of hydrazine groups is 1. The molecular formula is C16H18BrN3O3. The fraction of sp³-hybridized carbons (Fsp3) is 0.250. The van der Waals surface area contributed by atoms with Gasteiger partial charge in [-0.25, -0.2) is 0 Å². The molecule has 2 N–H and O–H groups in total. The van der Waals surface area contributed by atoms with Gasteiger partial charge in [0, 0.05) is 17.7 Å². The van der Waals surface area contributed by atoms with E-state index in [1.807, 2.05) is 25.1 Å². The smallest absolute Gasteiger partial charge is 0.286 e. The predicted molar refractivity (Wildman–Crippen MR) is 90.0 cm³/mol. The zero-order chi connectivity index (χ0) is 17.0. The Morgan fingerprint density at radius 1 is 1.26 bits per heavy atom. The summed E-state index contributed by atoms with van der Waals surface area (Å²) < 4.78 is 7.98. The van der Waals surface area contributed by atoms with Crippen molar-refractivity contribution in [2.45, 2.75) is 20.0 Å². The molecule has 0 aliphatic heterocycles. The molecule has 7 heteroatoms. The summed E-state index contributed by atoms with van der Waals surface area (Å²) in [4.78, 5) is 24.0. The van der Waals surface area contributed by atoms with Crippen LogP contribution in [0.4, 0.5) is 0 Å². The molecular weight excluding hydrogens is 362 g/mol. The molecule has 6 nitrogen and oxygen atoms in total. The molecule has 0 radical (unpaired) electrons. The van der Waals surface area contributed by atoms with Gasteiger partial charge < -0.3 is 9.30 Å². The summed E-state index contributed by atoms with van der Waals surface area (Å²) in [7, 11) is 1.74. The normalized spacial score (nSPS) is 11.7. The van der Waals surface area contributed by atoms with Crippen LogP contribution in [-0.2, 0) is 11.8 Å². The van der Waals surface area contributed by atoms with Gasteiger partial charge in [-0.2, -0.15) is 0 Å². The second-order valence-corrected chi connectivity index (χ2v) is 6.09. The van der Waals surface area contributed by atoms with Gasteiger partial charge in [0.1, 0.15) is 11.4 Å². The maximum absolute atomic E-state index is 12.0. The highest BCUT2D eigenvalue weighted by Gasteiger charge is 2.17. The molecule has 0 saturated heterocycles. The highest BCUT2D eigenvalue weighted by Crippen LogP contribution is 2.14. The average molecular weight is 380 g/mol. The van der Waals surface area contributed by atoms with Crippen molar-refractivity contribution in [3.05, 3.63) is 52.3 Å². The lowest BCUT2D eigenvalue weighted by Gasteiger charge is -2.15. The molecule has 1 aromatic heterocycles. The zero-order valence-corrected chi connectivity index (χ0v) is 14.7. The van der Waals surface area contributed by atoms with Crippen LogP contribution in [0, 0.1) is 6.92 Å². The fourth-order valence-corrected chi connectivity index (χ4v) is 2.50. The quantitative estimate of drug-likeness (QED) is 0.800. The molecule has 122 valence electrons. The number of nitrogens with zero attached hydrogens (tertiary/aromatic N) is 1. The Kier molecular flexibility index (Phi) is 5.44. The highest BCUT2D eigenvalue weighted by molar-refractivity contribution is 9.10. The third-order valence-electron chi connectivity index (χ3n) is 3.18. The van der Waals surface area contributed by atoms with Crippen LogP contribution in [0.2, 0.25) is 0 Å². The van der Waals surface area contributed by atoms with Gasteiger partial charge in [0.05, 0.1) is 0 Å². The summed E-state index contributed by atoms with van der Waals surface area (Å²) in [5.41, 5.74) is 6.19. The van der Waals surface area contributed by atoms with Crippen molar-refractivity contribution in [3.8, 4) is 5.75 Å². The molecule has 0 aliphatic carbocycles. The van der Waals surface area contributed by atoms with Crippen LogP contribution in [0.15, 0.2) is 41.0 Å². The Morgan fingerprint density at radius 2 is 2.00 bits per heavy atom. The van der Waals surface area contributed by atoms with E-state index < -0.39 is 17.9 Å². The van der Waals surface area contributed by atoms with Gasteiger partial charge in [0.25, 0.3) is 11.8 Å². The van der Waals surface area contributed by atoms with Gasteiger partial charge in [0.15, 0.2) is 6.10 Å². The lowest BCUT2D eigenvalue weighted by atomic mass is 10.2. The molecule has 2 aromatic rings. The Balaban J connectivity index is 1.89. The molecule has 1 atom stereocenters. The number of carbonyl (C=O) groups excluding carboxylic acids is 2. The SMILES string of the molecule is Cc1cccc(OC(C)C(=O)NNC(=O)c2cc(Br)cn2C)c1.